The highest BCUT2D eigenvalue weighted by Gasteiger charge is 2.48. The van der Waals surface area contributed by atoms with Gasteiger partial charge in [-0.1, -0.05) is 26.2 Å². The maximum Gasteiger partial charge on any atom is 0.263 e. The first-order valence-electron chi connectivity index (χ1n) is 6.77. The Morgan fingerprint density at radius 2 is 2.00 bits per heavy atom. The molecule has 5 nitrogen and oxygen atoms in total. The fraction of sp³-hybridized carbons (Fsp3) is 0.769. The number of hydrogen-bond donors (Lipinski definition) is 2. The van der Waals surface area contributed by atoms with Crippen molar-refractivity contribution in [2.75, 3.05) is 0 Å². The highest BCUT2D eigenvalue weighted by atomic mass is 16.2. The molecule has 2 aliphatic rings. The highest BCUT2D eigenvalue weighted by Crippen LogP contribution is 2.39. The van der Waals surface area contributed by atoms with E-state index < -0.39 is 5.41 Å². The van der Waals surface area contributed by atoms with Crippen LogP contribution in [0.25, 0.3) is 0 Å². The standard InChI is InChI=1S/C13H21N3O2/c1-2-9(14)8-10-15-11(17)13(12(18)16-10)6-4-3-5-7-13/h9H,2-8,14H2,1H3,(H,15,16,17,18). The van der Waals surface area contributed by atoms with Crippen molar-refractivity contribution in [3.8, 4) is 0 Å². The third-order valence-electron chi connectivity index (χ3n) is 4.03. The van der Waals surface area contributed by atoms with Crippen LogP contribution in [0.5, 0.6) is 0 Å². The van der Waals surface area contributed by atoms with Crippen molar-refractivity contribution < 1.29 is 9.59 Å². The van der Waals surface area contributed by atoms with Crippen LogP contribution < -0.4 is 11.1 Å². The average Bonchev–Trinajstić information content (AvgIpc) is 2.37. The van der Waals surface area contributed by atoms with Crippen LogP contribution in [0.2, 0.25) is 0 Å². The lowest BCUT2D eigenvalue weighted by atomic mass is 9.72. The number of carbonyl (C=O) groups is 2. The van der Waals surface area contributed by atoms with E-state index in [4.69, 9.17) is 5.73 Å². The summed E-state index contributed by atoms with van der Waals surface area (Å²) in [5.41, 5.74) is 4.94. The summed E-state index contributed by atoms with van der Waals surface area (Å²) in [6.07, 6.45) is 5.48. The monoisotopic (exact) mass is 251 g/mol. The first-order chi connectivity index (χ1) is 8.58. The van der Waals surface area contributed by atoms with Crippen molar-refractivity contribution in [2.45, 2.75) is 57.9 Å². The van der Waals surface area contributed by atoms with Crippen LogP contribution in [0, 0.1) is 5.41 Å². The van der Waals surface area contributed by atoms with E-state index in [9.17, 15) is 9.59 Å². The van der Waals surface area contributed by atoms with Gasteiger partial charge in [0.2, 0.25) is 5.91 Å². The van der Waals surface area contributed by atoms with Gasteiger partial charge in [-0.2, -0.15) is 4.99 Å². The van der Waals surface area contributed by atoms with Gasteiger partial charge in [0.05, 0.1) is 0 Å². The Morgan fingerprint density at radius 1 is 1.33 bits per heavy atom. The normalized spacial score (nSPS) is 24.7. The Kier molecular flexibility index (Phi) is 3.80. The van der Waals surface area contributed by atoms with E-state index >= 15 is 0 Å². The van der Waals surface area contributed by atoms with Gasteiger partial charge in [0, 0.05) is 12.5 Å². The highest BCUT2D eigenvalue weighted by molar-refractivity contribution is 6.18. The third kappa shape index (κ3) is 2.32. The van der Waals surface area contributed by atoms with Gasteiger partial charge in [0.25, 0.3) is 5.91 Å². The number of nitrogens with two attached hydrogens (primary N) is 1. The molecule has 1 unspecified atom stereocenters. The van der Waals surface area contributed by atoms with E-state index in [0.29, 0.717) is 25.1 Å². The van der Waals surface area contributed by atoms with Gasteiger partial charge in [0.1, 0.15) is 11.3 Å². The van der Waals surface area contributed by atoms with Gasteiger partial charge >= 0.3 is 0 Å². The van der Waals surface area contributed by atoms with Crippen molar-refractivity contribution in [3.05, 3.63) is 0 Å². The molecule has 1 aliphatic heterocycles. The van der Waals surface area contributed by atoms with E-state index in [-0.39, 0.29) is 17.9 Å². The van der Waals surface area contributed by atoms with Gasteiger partial charge in [0.15, 0.2) is 0 Å². The molecule has 1 aliphatic carbocycles. The summed E-state index contributed by atoms with van der Waals surface area (Å²) in [5.74, 6) is 0.0142. The van der Waals surface area contributed by atoms with Crippen LogP contribution in [0.3, 0.4) is 0 Å². The Bertz CT molecular complexity index is 384. The third-order valence-corrected chi connectivity index (χ3v) is 4.03. The first kappa shape index (κ1) is 13.2. The van der Waals surface area contributed by atoms with Crippen molar-refractivity contribution in [1.82, 2.24) is 5.32 Å². The Hall–Kier alpha value is -1.23. The Balaban J connectivity index is 2.15. The van der Waals surface area contributed by atoms with Crippen LogP contribution >= 0.6 is 0 Å². The number of aliphatic imine (C=N–C) groups is 1. The number of nitrogens with one attached hydrogen (secondary N) is 1. The summed E-state index contributed by atoms with van der Waals surface area (Å²) in [6, 6.07) is -0.0581. The molecule has 0 radical (unpaired) electrons. The number of nitrogens with zero attached hydrogens (tertiary/aromatic N) is 1. The lowest BCUT2D eigenvalue weighted by Crippen LogP contribution is -2.54. The molecule has 0 aromatic carbocycles. The van der Waals surface area contributed by atoms with E-state index in [0.717, 1.165) is 25.7 Å². The second-order valence-corrected chi connectivity index (χ2v) is 5.33. The zero-order valence-electron chi connectivity index (χ0n) is 10.9. The van der Waals surface area contributed by atoms with Crippen LogP contribution in [-0.2, 0) is 9.59 Å². The Labute approximate surface area is 107 Å². The van der Waals surface area contributed by atoms with Crippen LogP contribution in [0.15, 0.2) is 4.99 Å². The summed E-state index contributed by atoms with van der Waals surface area (Å²) >= 11 is 0. The molecule has 0 saturated heterocycles. The molecule has 0 aromatic rings. The molecule has 1 spiro atoms. The molecule has 0 bridgehead atoms. The summed E-state index contributed by atoms with van der Waals surface area (Å²) in [4.78, 5) is 28.4. The minimum absolute atomic E-state index is 0.0581. The number of rotatable bonds is 3. The number of amides is 2. The second-order valence-electron chi connectivity index (χ2n) is 5.33. The molecule has 3 N–H and O–H groups in total. The first-order valence-corrected chi connectivity index (χ1v) is 6.77. The van der Waals surface area contributed by atoms with Gasteiger partial charge in [-0.15, -0.1) is 0 Å². The average molecular weight is 251 g/mol. The molecule has 100 valence electrons. The molecular formula is C13H21N3O2. The van der Waals surface area contributed by atoms with Gasteiger partial charge in [-0.3, -0.25) is 9.59 Å². The van der Waals surface area contributed by atoms with E-state index in [2.05, 4.69) is 10.3 Å². The molecule has 1 heterocycles. The zero-order valence-corrected chi connectivity index (χ0v) is 10.9. The maximum atomic E-state index is 12.2. The summed E-state index contributed by atoms with van der Waals surface area (Å²) in [7, 11) is 0. The lowest BCUT2D eigenvalue weighted by Gasteiger charge is -2.35. The van der Waals surface area contributed by atoms with Crippen molar-refractivity contribution in [1.29, 1.82) is 0 Å². The zero-order chi connectivity index (χ0) is 13.2. The molecule has 0 aromatic heterocycles. The second kappa shape index (κ2) is 5.18. The van der Waals surface area contributed by atoms with E-state index in [1.54, 1.807) is 0 Å². The predicted molar refractivity (Wildman–Crippen MR) is 69.0 cm³/mol. The Morgan fingerprint density at radius 3 is 2.56 bits per heavy atom. The van der Waals surface area contributed by atoms with Crippen molar-refractivity contribution in [2.24, 2.45) is 16.1 Å². The van der Waals surface area contributed by atoms with E-state index in [1.165, 1.54) is 0 Å². The molecule has 2 rings (SSSR count). The van der Waals surface area contributed by atoms with Crippen LogP contribution in [-0.4, -0.2) is 23.7 Å². The molecule has 18 heavy (non-hydrogen) atoms. The van der Waals surface area contributed by atoms with Crippen LogP contribution in [0.4, 0.5) is 0 Å². The maximum absolute atomic E-state index is 12.2. The number of carbonyl (C=O) groups excluding carboxylic acids is 2. The fourth-order valence-corrected chi connectivity index (χ4v) is 2.69. The smallest absolute Gasteiger partial charge is 0.263 e. The summed E-state index contributed by atoms with van der Waals surface area (Å²) < 4.78 is 0. The minimum atomic E-state index is -0.877. The summed E-state index contributed by atoms with van der Waals surface area (Å²) in [6.45, 7) is 1.97. The van der Waals surface area contributed by atoms with Crippen molar-refractivity contribution in [3.63, 3.8) is 0 Å². The lowest BCUT2D eigenvalue weighted by molar-refractivity contribution is -0.144. The van der Waals surface area contributed by atoms with Gasteiger partial charge < -0.3 is 11.1 Å². The topological polar surface area (TPSA) is 84.5 Å². The van der Waals surface area contributed by atoms with Crippen LogP contribution in [0.1, 0.15) is 51.9 Å². The summed E-state index contributed by atoms with van der Waals surface area (Å²) in [5, 5.41) is 2.78. The van der Waals surface area contributed by atoms with Gasteiger partial charge in [-0.25, -0.2) is 0 Å². The molecule has 1 atom stereocenters. The molecule has 5 heteroatoms. The molecule has 1 saturated carbocycles. The quantitative estimate of drug-likeness (QED) is 0.737. The SMILES string of the molecule is CCC(N)CC1=NC(=O)C2(CCCCC2)C(=O)N1. The molecular weight excluding hydrogens is 230 g/mol. The number of amidine groups is 1. The number of hydrogen-bond acceptors (Lipinski definition) is 3. The fourth-order valence-electron chi connectivity index (χ4n) is 2.69. The predicted octanol–water partition coefficient (Wildman–Crippen LogP) is 1.12. The van der Waals surface area contributed by atoms with Crippen molar-refractivity contribution >= 4 is 17.6 Å². The largest absolute Gasteiger partial charge is 0.327 e. The molecule has 2 amide bonds. The molecule has 1 fully saturated rings. The van der Waals surface area contributed by atoms with E-state index in [1.807, 2.05) is 6.92 Å². The minimum Gasteiger partial charge on any atom is -0.327 e. The van der Waals surface area contributed by atoms with Gasteiger partial charge in [-0.05, 0) is 19.3 Å².